The predicted molar refractivity (Wildman–Crippen MR) is 128 cm³/mol. The van der Waals surface area contributed by atoms with E-state index >= 15 is 0 Å². The van der Waals surface area contributed by atoms with Crippen molar-refractivity contribution in [3.8, 4) is 5.75 Å². The molecule has 0 unspecified atom stereocenters. The van der Waals surface area contributed by atoms with Gasteiger partial charge in [-0.3, -0.25) is 4.79 Å². The van der Waals surface area contributed by atoms with E-state index in [9.17, 15) is 13.2 Å². The number of aromatic nitrogens is 1. The summed E-state index contributed by atoms with van der Waals surface area (Å²) in [7, 11) is -3.47. The molecule has 8 heteroatoms. The number of pyridine rings is 1. The molecule has 7 nitrogen and oxygen atoms in total. The predicted octanol–water partition coefficient (Wildman–Crippen LogP) is 4.40. The van der Waals surface area contributed by atoms with Gasteiger partial charge >= 0.3 is 0 Å². The number of rotatable bonds is 8. The zero-order valence-electron chi connectivity index (χ0n) is 19.0. The number of carbonyl (C=O) groups is 1. The minimum absolute atomic E-state index is 0.128. The number of hydrogen-bond donors (Lipinski definition) is 1. The second-order valence-electron chi connectivity index (χ2n) is 9.00. The van der Waals surface area contributed by atoms with E-state index in [0.717, 1.165) is 24.8 Å². The number of piperidine rings is 1. The smallest absolute Gasteiger partial charge is 0.243 e. The third kappa shape index (κ3) is 6.32. The van der Waals surface area contributed by atoms with Crippen LogP contribution in [0, 0.1) is 5.92 Å². The Balaban J connectivity index is 1.34. The Labute approximate surface area is 196 Å². The molecule has 1 aromatic carbocycles. The molecule has 0 atom stereocenters. The van der Waals surface area contributed by atoms with Gasteiger partial charge in [0.05, 0.1) is 17.9 Å². The van der Waals surface area contributed by atoms with Crippen molar-refractivity contribution in [3.05, 3.63) is 48.2 Å². The van der Waals surface area contributed by atoms with E-state index in [0.29, 0.717) is 37.2 Å². The lowest BCUT2D eigenvalue weighted by atomic mass is 9.90. The maximum absolute atomic E-state index is 12.8. The van der Waals surface area contributed by atoms with E-state index in [1.807, 2.05) is 6.07 Å². The molecule has 1 aliphatic heterocycles. The Morgan fingerprint density at radius 3 is 2.42 bits per heavy atom. The second kappa shape index (κ2) is 11.1. The fourth-order valence-electron chi connectivity index (χ4n) is 4.56. The van der Waals surface area contributed by atoms with Gasteiger partial charge in [-0.1, -0.05) is 37.8 Å². The molecule has 0 spiro atoms. The summed E-state index contributed by atoms with van der Waals surface area (Å²) in [5, 5.41) is 2.84. The summed E-state index contributed by atoms with van der Waals surface area (Å²) >= 11 is 0. The molecule has 4 rings (SSSR count). The first kappa shape index (κ1) is 23.7. The summed E-state index contributed by atoms with van der Waals surface area (Å²) in [5.41, 5.74) is 0.741. The molecule has 0 radical (unpaired) electrons. The molecule has 0 bridgehead atoms. The first-order chi connectivity index (χ1) is 16.0. The number of amides is 1. The summed E-state index contributed by atoms with van der Waals surface area (Å²) in [6.07, 6.45) is 10.8. The summed E-state index contributed by atoms with van der Waals surface area (Å²) < 4.78 is 33.1. The highest BCUT2D eigenvalue weighted by Crippen LogP contribution is 2.27. The Morgan fingerprint density at radius 1 is 1.00 bits per heavy atom. The normalized spacial score (nSPS) is 18.1. The highest BCUT2D eigenvalue weighted by Gasteiger charge is 2.25. The Kier molecular flexibility index (Phi) is 7.98. The van der Waals surface area contributed by atoms with Gasteiger partial charge in [0.2, 0.25) is 15.9 Å². The molecule has 1 aromatic heterocycles. The van der Waals surface area contributed by atoms with Gasteiger partial charge in [-0.05, 0) is 61.4 Å². The molecule has 1 amide bonds. The molecule has 1 aliphatic carbocycles. The highest BCUT2D eigenvalue weighted by molar-refractivity contribution is 7.89. The molecule has 2 heterocycles. The molecular formula is C25H33N3O4S. The molecule has 2 aromatic rings. The van der Waals surface area contributed by atoms with Crippen molar-refractivity contribution < 1.29 is 17.9 Å². The van der Waals surface area contributed by atoms with E-state index < -0.39 is 10.0 Å². The lowest BCUT2D eigenvalue weighted by molar-refractivity contribution is -0.115. The standard InChI is InChI=1S/C25H33N3O4S/c29-24(27-25-23(10-7-15-26-25)32-19-21-8-3-1-4-9-21)18-20-11-13-22(14-12-20)33(30,31)28-16-5-2-6-17-28/h7,10-15,21H,1-6,8-9,16-19H2,(H,26,27,29). The lowest BCUT2D eigenvalue weighted by Gasteiger charge is -2.25. The molecule has 178 valence electrons. The minimum atomic E-state index is -3.47. The van der Waals surface area contributed by atoms with Crippen molar-refractivity contribution >= 4 is 21.7 Å². The van der Waals surface area contributed by atoms with Crippen LogP contribution in [0.4, 0.5) is 5.82 Å². The van der Waals surface area contributed by atoms with Gasteiger partial charge in [0.15, 0.2) is 11.6 Å². The van der Waals surface area contributed by atoms with Crippen LogP contribution in [-0.4, -0.2) is 43.3 Å². The van der Waals surface area contributed by atoms with Gasteiger partial charge < -0.3 is 10.1 Å². The van der Waals surface area contributed by atoms with Crippen LogP contribution in [0.5, 0.6) is 5.75 Å². The van der Waals surface area contributed by atoms with Crippen molar-refractivity contribution in [1.82, 2.24) is 9.29 Å². The van der Waals surface area contributed by atoms with Gasteiger partial charge in [0, 0.05) is 19.3 Å². The molecule has 2 aliphatic rings. The maximum Gasteiger partial charge on any atom is 0.243 e. The highest BCUT2D eigenvalue weighted by atomic mass is 32.2. The van der Waals surface area contributed by atoms with Crippen LogP contribution in [0.2, 0.25) is 0 Å². The fourth-order valence-corrected chi connectivity index (χ4v) is 6.07. The Bertz CT molecular complexity index is 1030. The van der Waals surface area contributed by atoms with Gasteiger partial charge in [0.1, 0.15) is 0 Å². The second-order valence-corrected chi connectivity index (χ2v) is 10.9. The third-order valence-electron chi connectivity index (χ3n) is 6.47. The van der Waals surface area contributed by atoms with Gasteiger partial charge in [-0.2, -0.15) is 4.31 Å². The molecule has 1 saturated carbocycles. The first-order valence-electron chi connectivity index (χ1n) is 12.0. The average molecular weight is 472 g/mol. The van der Waals surface area contributed by atoms with Crippen LogP contribution in [0.3, 0.4) is 0 Å². The molecule has 1 saturated heterocycles. The summed E-state index contributed by atoms with van der Waals surface area (Å²) in [6.45, 7) is 1.78. The van der Waals surface area contributed by atoms with Gasteiger partial charge in [-0.15, -0.1) is 0 Å². The van der Waals surface area contributed by atoms with Crippen LogP contribution in [-0.2, 0) is 21.2 Å². The van der Waals surface area contributed by atoms with Crippen LogP contribution < -0.4 is 10.1 Å². The first-order valence-corrected chi connectivity index (χ1v) is 13.4. The largest absolute Gasteiger partial charge is 0.489 e. The number of hydrogen-bond acceptors (Lipinski definition) is 5. The quantitative estimate of drug-likeness (QED) is 0.617. The SMILES string of the molecule is O=C(Cc1ccc(S(=O)(=O)N2CCCCC2)cc1)Nc1ncccc1OCC1CCCCC1. The van der Waals surface area contributed by atoms with Crippen molar-refractivity contribution in [1.29, 1.82) is 0 Å². The number of carbonyl (C=O) groups excluding carboxylic acids is 1. The molecule has 1 N–H and O–H groups in total. The van der Waals surface area contributed by atoms with E-state index in [1.54, 1.807) is 40.8 Å². The van der Waals surface area contributed by atoms with E-state index in [2.05, 4.69) is 10.3 Å². The Morgan fingerprint density at radius 2 is 1.70 bits per heavy atom. The molecular weight excluding hydrogens is 438 g/mol. The maximum atomic E-state index is 12.8. The van der Waals surface area contributed by atoms with Crippen LogP contribution >= 0.6 is 0 Å². The van der Waals surface area contributed by atoms with Crippen molar-refractivity contribution in [3.63, 3.8) is 0 Å². The van der Waals surface area contributed by atoms with E-state index in [1.165, 1.54) is 32.1 Å². The monoisotopic (exact) mass is 471 g/mol. The zero-order chi connectivity index (χ0) is 23.1. The number of benzene rings is 1. The summed E-state index contributed by atoms with van der Waals surface area (Å²) in [4.78, 5) is 17.2. The number of nitrogens with one attached hydrogen (secondary N) is 1. The number of ether oxygens (including phenoxy) is 1. The van der Waals surface area contributed by atoms with Crippen LogP contribution in [0.25, 0.3) is 0 Å². The molecule has 2 fully saturated rings. The van der Waals surface area contributed by atoms with Crippen LogP contribution in [0.15, 0.2) is 47.5 Å². The summed E-state index contributed by atoms with van der Waals surface area (Å²) in [6, 6.07) is 10.2. The topological polar surface area (TPSA) is 88.6 Å². The van der Waals surface area contributed by atoms with Crippen molar-refractivity contribution in [2.45, 2.75) is 62.7 Å². The number of anilines is 1. The van der Waals surface area contributed by atoms with Crippen molar-refractivity contribution in [2.24, 2.45) is 5.92 Å². The third-order valence-corrected chi connectivity index (χ3v) is 8.38. The minimum Gasteiger partial charge on any atom is -0.489 e. The van der Waals surface area contributed by atoms with Gasteiger partial charge in [0.25, 0.3) is 0 Å². The Hall–Kier alpha value is -2.45. The number of sulfonamides is 1. The van der Waals surface area contributed by atoms with E-state index in [-0.39, 0.29) is 17.2 Å². The fraction of sp³-hybridized carbons (Fsp3) is 0.520. The summed E-state index contributed by atoms with van der Waals surface area (Å²) in [5.74, 6) is 1.34. The average Bonchev–Trinajstić information content (AvgIpc) is 2.85. The lowest BCUT2D eigenvalue weighted by Crippen LogP contribution is -2.35. The zero-order valence-corrected chi connectivity index (χ0v) is 19.9. The van der Waals surface area contributed by atoms with Gasteiger partial charge in [-0.25, -0.2) is 13.4 Å². The number of nitrogens with zero attached hydrogens (tertiary/aromatic N) is 2. The van der Waals surface area contributed by atoms with Crippen LogP contribution in [0.1, 0.15) is 56.9 Å². The van der Waals surface area contributed by atoms with E-state index in [4.69, 9.17) is 4.74 Å². The van der Waals surface area contributed by atoms with Crippen molar-refractivity contribution in [2.75, 3.05) is 25.0 Å². The molecule has 33 heavy (non-hydrogen) atoms.